The summed E-state index contributed by atoms with van der Waals surface area (Å²) in [6.07, 6.45) is -12.4. The first kappa shape index (κ1) is 25.5. The number of amides is 1. The molecule has 0 bridgehead atoms. The molecule has 6 nitrogen and oxygen atoms in total. The van der Waals surface area contributed by atoms with E-state index in [9.17, 15) is 39.6 Å². The Morgan fingerprint density at radius 3 is 2.18 bits per heavy atom. The van der Waals surface area contributed by atoms with Crippen molar-refractivity contribution in [1.29, 1.82) is 5.26 Å². The van der Waals surface area contributed by atoms with Crippen LogP contribution in [-0.4, -0.2) is 32.9 Å². The number of fused-ring (bicyclic) bond motifs is 1. The predicted octanol–water partition coefficient (Wildman–Crippen LogP) is 4.15. The van der Waals surface area contributed by atoms with Gasteiger partial charge in [0.15, 0.2) is 15.3 Å². The number of nitrogens with one attached hydrogen (secondary N) is 2. The number of hydrogen-bond acceptors (Lipinski definition) is 5. The van der Waals surface area contributed by atoms with Crippen molar-refractivity contribution >= 4 is 21.4 Å². The molecule has 3 rings (SSSR count). The number of nitriles is 1. The molecule has 2 N–H and O–H groups in total. The van der Waals surface area contributed by atoms with Crippen LogP contribution in [0.2, 0.25) is 0 Å². The molecule has 0 radical (unpaired) electrons. The molecule has 1 aliphatic heterocycles. The number of sulfone groups is 1. The maximum absolute atomic E-state index is 13.5. The van der Waals surface area contributed by atoms with Crippen LogP contribution in [0.5, 0.6) is 0 Å². The van der Waals surface area contributed by atoms with Crippen molar-refractivity contribution in [3.63, 3.8) is 0 Å². The fourth-order valence-corrected chi connectivity index (χ4v) is 4.44. The van der Waals surface area contributed by atoms with Crippen molar-refractivity contribution in [2.45, 2.75) is 41.7 Å². The number of carbonyl (C=O) groups is 1. The topological polar surface area (TPSA) is 99.1 Å². The monoisotopic (exact) mass is 505 g/mol. The summed E-state index contributed by atoms with van der Waals surface area (Å²) in [6.45, 7) is 0.184. The van der Waals surface area contributed by atoms with Gasteiger partial charge in [-0.25, -0.2) is 8.42 Å². The summed E-state index contributed by atoms with van der Waals surface area (Å²) < 4.78 is 104. The smallest absolute Gasteiger partial charge is 0.324 e. The van der Waals surface area contributed by atoms with E-state index in [4.69, 9.17) is 5.26 Å². The summed E-state index contributed by atoms with van der Waals surface area (Å²) in [7, 11) is -3.46. The molecule has 1 amide bonds. The van der Waals surface area contributed by atoms with Gasteiger partial charge < -0.3 is 5.32 Å². The highest BCUT2D eigenvalue weighted by atomic mass is 32.2. The average molecular weight is 505 g/mol. The number of carbonyl (C=O) groups excluding carboxylic acids is 1. The lowest BCUT2D eigenvalue weighted by Crippen LogP contribution is -2.53. The predicted molar refractivity (Wildman–Crippen MR) is 108 cm³/mol. The van der Waals surface area contributed by atoms with Crippen LogP contribution in [0.15, 0.2) is 47.4 Å². The highest BCUT2D eigenvalue weighted by Crippen LogP contribution is 2.54. The molecule has 1 heterocycles. The largest absolute Gasteiger partial charge is 0.408 e. The van der Waals surface area contributed by atoms with Gasteiger partial charge in [0.1, 0.15) is 6.04 Å². The number of anilines is 1. The van der Waals surface area contributed by atoms with Crippen molar-refractivity contribution in [3.8, 4) is 6.07 Å². The minimum Gasteiger partial charge on any atom is -0.324 e. The van der Waals surface area contributed by atoms with Gasteiger partial charge in [-0.15, -0.1) is 0 Å². The highest BCUT2D eigenvalue weighted by Gasteiger charge is 2.71. The van der Waals surface area contributed by atoms with Crippen molar-refractivity contribution < 1.29 is 39.6 Å². The third-order valence-electron chi connectivity index (χ3n) is 5.57. The van der Waals surface area contributed by atoms with Gasteiger partial charge in [0, 0.05) is 18.5 Å². The van der Waals surface area contributed by atoms with Gasteiger partial charge in [-0.1, -0.05) is 18.2 Å². The summed E-state index contributed by atoms with van der Waals surface area (Å²) in [4.78, 5) is 12.7. The normalized spacial score (nSPS) is 16.6. The minimum atomic E-state index is -5.78. The van der Waals surface area contributed by atoms with Gasteiger partial charge in [0.05, 0.1) is 17.4 Å². The van der Waals surface area contributed by atoms with Crippen LogP contribution in [0, 0.1) is 11.3 Å². The maximum atomic E-state index is 13.5. The van der Waals surface area contributed by atoms with Gasteiger partial charge in [-0.05, 0) is 41.0 Å². The average Bonchev–Trinajstić information content (AvgIpc) is 3.13. The molecule has 0 spiro atoms. The van der Waals surface area contributed by atoms with Gasteiger partial charge in [-0.2, -0.15) is 31.6 Å². The Hall–Kier alpha value is -3.11. The number of halogens is 6. The molecule has 1 unspecified atom stereocenters. The van der Waals surface area contributed by atoms with E-state index in [1.807, 2.05) is 0 Å². The van der Waals surface area contributed by atoms with Crippen molar-refractivity contribution in [3.05, 3.63) is 59.2 Å². The molecule has 0 saturated carbocycles. The van der Waals surface area contributed by atoms with Crippen LogP contribution >= 0.6 is 0 Å². The molecule has 1 atom stereocenters. The van der Waals surface area contributed by atoms with Crippen molar-refractivity contribution in [2.24, 2.45) is 0 Å². The Bertz CT molecular complexity index is 1230. The van der Waals surface area contributed by atoms with Crippen molar-refractivity contribution in [1.82, 2.24) is 5.32 Å². The molecule has 0 fully saturated rings. The summed E-state index contributed by atoms with van der Waals surface area (Å²) >= 11 is 0. The highest BCUT2D eigenvalue weighted by molar-refractivity contribution is 7.90. The van der Waals surface area contributed by atoms with Crippen LogP contribution in [0.1, 0.15) is 29.2 Å². The lowest BCUT2D eigenvalue weighted by molar-refractivity contribution is -0.302. The van der Waals surface area contributed by atoms with Crippen LogP contribution in [0.4, 0.5) is 32.0 Å². The van der Waals surface area contributed by atoms with E-state index >= 15 is 0 Å². The van der Waals surface area contributed by atoms with E-state index in [0.29, 0.717) is 23.3 Å². The van der Waals surface area contributed by atoms with Crippen LogP contribution in [0.25, 0.3) is 0 Å². The Balaban J connectivity index is 1.86. The van der Waals surface area contributed by atoms with Gasteiger partial charge in [0.25, 0.3) is 0 Å². The number of rotatable bonds is 5. The molecule has 0 saturated heterocycles. The Morgan fingerprint density at radius 2 is 1.68 bits per heavy atom. The lowest BCUT2D eigenvalue weighted by Gasteiger charge is -2.36. The van der Waals surface area contributed by atoms with Crippen molar-refractivity contribution in [2.75, 3.05) is 11.6 Å². The first-order valence-corrected chi connectivity index (χ1v) is 11.5. The first-order chi connectivity index (χ1) is 15.6. The third kappa shape index (κ3) is 4.47. The molecule has 1 aliphatic rings. The van der Waals surface area contributed by atoms with Gasteiger partial charge >= 0.3 is 12.4 Å². The van der Waals surface area contributed by atoms with E-state index < -0.39 is 51.5 Å². The molecule has 2 aromatic rings. The second-order valence-corrected chi connectivity index (χ2v) is 9.76. The van der Waals surface area contributed by atoms with E-state index in [0.717, 1.165) is 24.5 Å². The molecule has 0 aromatic heterocycles. The zero-order valence-electron chi connectivity index (χ0n) is 17.4. The fourth-order valence-electron chi connectivity index (χ4n) is 3.77. The summed E-state index contributed by atoms with van der Waals surface area (Å²) in [6, 6.07) is 7.19. The number of benzene rings is 2. The number of alkyl halides is 6. The summed E-state index contributed by atoms with van der Waals surface area (Å²) in [5.74, 6) is -0.645. The molecule has 13 heteroatoms. The van der Waals surface area contributed by atoms with E-state index in [1.165, 1.54) is 18.2 Å². The second-order valence-electron chi connectivity index (χ2n) is 7.75. The number of nitrogens with zero attached hydrogens (tertiary/aromatic N) is 1. The molecular formula is C21H17F6N3O3S. The SMILES string of the molecule is CS(=O)(=O)c1ccc2c(c1)CNC2C(=O)Nc1ccc(C(CC#N)(C(F)(F)F)C(F)(F)F)cc1. The zero-order chi connectivity index (χ0) is 25.5. The summed E-state index contributed by atoms with van der Waals surface area (Å²) in [5.41, 5.74) is -4.56. The van der Waals surface area contributed by atoms with E-state index in [2.05, 4.69) is 10.6 Å². The molecular weight excluding hydrogens is 488 g/mol. The zero-order valence-corrected chi connectivity index (χ0v) is 18.2. The standard InChI is InChI=1S/C21H17F6N3O3S/c1-34(32,33)15-6-7-16-12(10-15)11-29-17(16)18(31)30-14-4-2-13(3-5-14)19(8-9-28,20(22,23)24)21(25,26)27/h2-7,10,17,29H,8,11H2,1H3,(H,30,31). The Morgan fingerprint density at radius 1 is 1.09 bits per heavy atom. The Kier molecular flexibility index (Phi) is 6.45. The Labute approximate surface area is 190 Å². The lowest BCUT2D eigenvalue weighted by atomic mass is 9.76. The molecule has 34 heavy (non-hydrogen) atoms. The number of hydrogen-bond donors (Lipinski definition) is 2. The fraction of sp³-hybridized carbons (Fsp3) is 0.333. The molecule has 2 aromatic carbocycles. The van der Waals surface area contributed by atoms with Crippen LogP contribution < -0.4 is 10.6 Å². The van der Waals surface area contributed by atoms with E-state index in [-0.39, 0.29) is 17.1 Å². The van der Waals surface area contributed by atoms with Crippen LogP contribution in [-0.2, 0) is 26.6 Å². The van der Waals surface area contributed by atoms with Gasteiger partial charge in [-0.3, -0.25) is 10.1 Å². The summed E-state index contributed by atoms with van der Waals surface area (Å²) in [5, 5.41) is 14.0. The first-order valence-electron chi connectivity index (χ1n) is 9.60. The van der Waals surface area contributed by atoms with Gasteiger partial charge in [0.2, 0.25) is 5.91 Å². The maximum Gasteiger partial charge on any atom is 0.408 e. The molecule has 0 aliphatic carbocycles. The van der Waals surface area contributed by atoms with E-state index in [1.54, 1.807) is 0 Å². The van der Waals surface area contributed by atoms with Crippen LogP contribution in [0.3, 0.4) is 0 Å². The third-order valence-corrected chi connectivity index (χ3v) is 6.68. The quantitative estimate of drug-likeness (QED) is 0.595. The second kappa shape index (κ2) is 8.59. The minimum absolute atomic E-state index is 0.0630. The molecule has 182 valence electrons.